The lowest BCUT2D eigenvalue weighted by molar-refractivity contribution is 0.137. The van der Waals surface area contributed by atoms with Crippen molar-refractivity contribution in [2.24, 2.45) is 5.41 Å². The number of hydrogen-bond acceptors (Lipinski definition) is 3. The number of amides is 2. The van der Waals surface area contributed by atoms with Crippen molar-refractivity contribution in [3.63, 3.8) is 0 Å². The molecule has 5 heteroatoms. The van der Waals surface area contributed by atoms with E-state index >= 15 is 0 Å². The monoisotopic (exact) mass is 289 g/mol. The predicted molar refractivity (Wildman–Crippen MR) is 82.7 cm³/mol. The van der Waals surface area contributed by atoms with E-state index in [-0.39, 0.29) is 6.03 Å². The van der Waals surface area contributed by atoms with Crippen molar-refractivity contribution < 1.29 is 9.53 Å². The molecule has 21 heavy (non-hydrogen) atoms. The second-order valence-corrected chi connectivity index (χ2v) is 6.08. The van der Waals surface area contributed by atoms with Gasteiger partial charge in [-0.1, -0.05) is 6.07 Å². The molecule has 0 unspecified atom stereocenters. The maximum Gasteiger partial charge on any atom is 0.321 e. The van der Waals surface area contributed by atoms with E-state index in [1.807, 2.05) is 29.2 Å². The summed E-state index contributed by atoms with van der Waals surface area (Å²) in [6.45, 7) is 3.92. The zero-order chi connectivity index (χ0) is 14.7. The molecular formula is C16H23N3O2. The lowest BCUT2D eigenvalue weighted by Crippen LogP contribution is -2.45. The molecule has 0 aromatic heterocycles. The summed E-state index contributed by atoms with van der Waals surface area (Å²) in [5.41, 5.74) is 1.22. The number of nitrogens with zero attached hydrogens (tertiary/aromatic N) is 1. The Kier molecular flexibility index (Phi) is 4.01. The first-order chi connectivity index (χ1) is 10.2. The van der Waals surface area contributed by atoms with E-state index in [9.17, 15) is 4.79 Å². The summed E-state index contributed by atoms with van der Waals surface area (Å²) in [5, 5.41) is 6.40. The predicted octanol–water partition coefficient (Wildman–Crippen LogP) is 2.30. The van der Waals surface area contributed by atoms with Gasteiger partial charge in [-0.25, -0.2) is 4.79 Å². The third-order valence-corrected chi connectivity index (χ3v) is 4.76. The van der Waals surface area contributed by atoms with E-state index in [4.69, 9.17) is 4.74 Å². The summed E-state index contributed by atoms with van der Waals surface area (Å²) in [6.07, 6.45) is 3.45. The van der Waals surface area contributed by atoms with Crippen molar-refractivity contribution in [1.82, 2.24) is 10.2 Å². The molecule has 2 amide bonds. The van der Waals surface area contributed by atoms with Crippen molar-refractivity contribution >= 4 is 11.7 Å². The zero-order valence-corrected chi connectivity index (χ0v) is 12.5. The number of ether oxygens (including phenoxy) is 1. The van der Waals surface area contributed by atoms with Crippen LogP contribution in [-0.2, 0) is 0 Å². The Labute approximate surface area is 125 Å². The number of rotatable bonds is 2. The number of nitrogens with one attached hydrogen (secondary N) is 2. The number of urea groups is 1. The van der Waals surface area contributed by atoms with Crippen molar-refractivity contribution in [3.05, 3.63) is 24.3 Å². The molecule has 1 aromatic carbocycles. The van der Waals surface area contributed by atoms with E-state index in [1.54, 1.807) is 7.11 Å². The maximum absolute atomic E-state index is 12.3. The Morgan fingerprint density at radius 2 is 2.14 bits per heavy atom. The molecule has 2 saturated heterocycles. The van der Waals surface area contributed by atoms with Crippen LogP contribution in [0.4, 0.5) is 10.5 Å². The lowest BCUT2D eigenvalue weighted by Gasteiger charge is -2.38. The summed E-state index contributed by atoms with van der Waals surface area (Å²) < 4.78 is 5.17. The number of likely N-dealkylation sites (tertiary alicyclic amines) is 1. The van der Waals surface area contributed by atoms with Crippen LogP contribution in [0.1, 0.15) is 19.3 Å². The standard InChI is InChI=1S/C16H23N3O2/c1-21-14-4-2-3-13(11-14)18-15(20)19-9-6-16(7-10-19)5-8-17-12-16/h2-4,11,17H,5-10,12H2,1H3,(H,18,20). The van der Waals surface area contributed by atoms with E-state index < -0.39 is 0 Å². The first-order valence-electron chi connectivity index (χ1n) is 7.62. The van der Waals surface area contributed by atoms with Gasteiger partial charge in [-0.3, -0.25) is 0 Å². The summed E-state index contributed by atoms with van der Waals surface area (Å²) in [5.74, 6) is 0.752. The number of hydrogen-bond donors (Lipinski definition) is 2. The second kappa shape index (κ2) is 5.93. The molecule has 5 nitrogen and oxygen atoms in total. The Morgan fingerprint density at radius 3 is 2.81 bits per heavy atom. The molecular weight excluding hydrogens is 266 g/mol. The van der Waals surface area contributed by atoms with Crippen molar-refractivity contribution in [3.8, 4) is 5.75 Å². The van der Waals surface area contributed by atoms with E-state index in [0.29, 0.717) is 5.41 Å². The summed E-state index contributed by atoms with van der Waals surface area (Å²) in [7, 11) is 1.63. The minimum atomic E-state index is -0.0101. The Hall–Kier alpha value is -1.75. The molecule has 0 aliphatic carbocycles. The van der Waals surface area contributed by atoms with Crippen molar-refractivity contribution in [2.45, 2.75) is 19.3 Å². The molecule has 2 aliphatic heterocycles. The third-order valence-electron chi connectivity index (χ3n) is 4.76. The summed E-state index contributed by atoms with van der Waals surface area (Å²) in [6, 6.07) is 7.46. The average Bonchev–Trinajstić information content (AvgIpc) is 2.96. The molecule has 2 N–H and O–H groups in total. The largest absolute Gasteiger partial charge is 0.497 e. The topological polar surface area (TPSA) is 53.6 Å². The number of methoxy groups -OCH3 is 1. The van der Waals surface area contributed by atoms with E-state index in [2.05, 4.69) is 10.6 Å². The number of carbonyl (C=O) groups is 1. The highest BCUT2D eigenvalue weighted by Crippen LogP contribution is 2.37. The molecule has 0 atom stereocenters. The first kappa shape index (κ1) is 14.2. The molecule has 0 saturated carbocycles. The molecule has 3 rings (SSSR count). The maximum atomic E-state index is 12.3. The van der Waals surface area contributed by atoms with Gasteiger partial charge in [-0.15, -0.1) is 0 Å². The minimum Gasteiger partial charge on any atom is -0.497 e. The fourth-order valence-electron chi connectivity index (χ4n) is 3.31. The number of piperidine rings is 1. The van der Waals surface area contributed by atoms with Crippen LogP contribution >= 0.6 is 0 Å². The smallest absolute Gasteiger partial charge is 0.321 e. The highest BCUT2D eigenvalue weighted by molar-refractivity contribution is 5.89. The molecule has 0 radical (unpaired) electrons. The Balaban J connectivity index is 1.56. The van der Waals surface area contributed by atoms with Crippen molar-refractivity contribution in [2.75, 3.05) is 38.6 Å². The van der Waals surface area contributed by atoms with Crippen molar-refractivity contribution in [1.29, 1.82) is 0 Å². The Bertz CT molecular complexity index is 502. The Morgan fingerprint density at radius 1 is 1.33 bits per heavy atom. The fourth-order valence-corrected chi connectivity index (χ4v) is 3.31. The van der Waals surface area contributed by atoms with Crippen LogP contribution in [0.3, 0.4) is 0 Å². The molecule has 1 spiro atoms. The number of carbonyl (C=O) groups excluding carboxylic acids is 1. The highest BCUT2D eigenvalue weighted by Gasteiger charge is 2.38. The lowest BCUT2D eigenvalue weighted by atomic mass is 9.78. The minimum absolute atomic E-state index is 0.0101. The van der Waals surface area contributed by atoms with Crippen LogP contribution in [0.2, 0.25) is 0 Å². The number of anilines is 1. The average molecular weight is 289 g/mol. The van der Waals surface area contributed by atoms with Crippen LogP contribution in [0.5, 0.6) is 5.75 Å². The van der Waals surface area contributed by atoms with Gasteiger partial charge in [0, 0.05) is 31.4 Å². The SMILES string of the molecule is COc1cccc(NC(=O)N2CCC3(CCNC3)CC2)c1. The van der Waals surface area contributed by atoms with Gasteiger partial charge >= 0.3 is 6.03 Å². The molecule has 0 bridgehead atoms. The van der Waals surface area contributed by atoms with E-state index in [0.717, 1.165) is 50.5 Å². The molecule has 2 fully saturated rings. The van der Waals surface area contributed by atoms with Crippen LogP contribution < -0.4 is 15.4 Å². The zero-order valence-electron chi connectivity index (χ0n) is 12.5. The van der Waals surface area contributed by atoms with E-state index in [1.165, 1.54) is 6.42 Å². The summed E-state index contributed by atoms with van der Waals surface area (Å²) >= 11 is 0. The van der Waals surface area contributed by atoms with Crippen LogP contribution in [0.15, 0.2) is 24.3 Å². The number of benzene rings is 1. The molecule has 1 aromatic rings. The van der Waals surface area contributed by atoms with Gasteiger partial charge in [-0.2, -0.15) is 0 Å². The highest BCUT2D eigenvalue weighted by atomic mass is 16.5. The van der Waals surface area contributed by atoms with Crippen LogP contribution in [0, 0.1) is 5.41 Å². The van der Waals surface area contributed by atoms with Gasteiger partial charge in [-0.05, 0) is 43.4 Å². The van der Waals surface area contributed by atoms with Gasteiger partial charge in [0.05, 0.1) is 7.11 Å². The molecule has 2 heterocycles. The first-order valence-corrected chi connectivity index (χ1v) is 7.62. The van der Waals surface area contributed by atoms with Gasteiger partial charge in [0.1, 0.15) is 5.75 Å². The summed E-state index contributed by atoms with van der Waals surface area (Å²) in [4.78, 5) is 14.2. The van der Waals surface area contributed by atoms with Gasteiger partial charge in [0.2, 0.25) is 0 Å². The van der Waals surface area contributed by atoms with Gasteiger partial charge < -0.3 is 20.3 Å². The fraction of sp³-hybridized carbons (Fsp3) is 0.562. The molecule has 2 aliphatic rings. The third kappa shape index (κ3) is 3.13. The second-order valence-electron chi connectivity index (χ2n) is 6.08. The van der Waals surface area contributed by atoms with Gasteiger partial charge in [0.15, 0.2) is 0 Å². The van der Waals surface area contributed by atoms with Gasteiger partial charge in [0.25, 0.3) is 0 Å². The normalized spacial score (nSPS) is 20.5. The van der Waals surface area contributed by atoms with Crippen LogP contribution in [-0.4, -0.2) is 44.2 Å². The van der Waals surface area contributed by atoms with Crippen LogP contribution in [0.25, 0.3) is 0 Å². The molecule has 114 valence electrons. The quantitative estimate of drug-likeness (QED) is 0.878.